The molecule has 6 heteroatoms. The number of benzene rings is 1. The summed E-state index contributed by atoms with van der Waals surface area (Å²) in [5.74, 6) is -2.29. The molecule has 1 aromatic rings. The number of carbonyl (C=O) groups is 2. The quantitative estimate of drug-likeness (QED) is 0.557. The summed E-state index contributed by atoms with van der Waals surface area (Å²) in [5, 5.41) is 42.2. The molecule has 0 aromatic heterocycles. The minimum atomic E-state index is -1.64. The van der Waals surface area contributed by atoms with Crippen molar-refractivity contribution in [3.8, 4) is 5.75 Å². The first-order valence-corrected chi connectivity index (χ1v) is 8.48. The van der Waals surface area contributed by atoms with E-state index in [0.717, 1.165) is 0 Å². The highest BCUT2D eigenvalue weighted by atomic mass is 16.3. The molecule has 3 aliphatic carbocycles. The number of carbonyl (C=O) groups excluding carboxylic acids is 2. The number of ketones is 2. The van der Waals surface area contributed by atoms with E-state index in [9.17, 15) is 30.0 Å². The van der Waals surface area contributed by atoms with Crippen LogP contribution < -0.4 is 0 Å². The highest BCUT2D eigenvalue weighted by molar-refractivity contribution is 6.28. The number of aromatic hydroxyl groups is 1. The zero-order chi connectivity index (χ0) is 18.1. The van der Waals surface area contributed by atoms with Gasteiger partial charge in [-0.2, -0.15) is 0 Å². The molecule has 0 saturated heterocycles. The predicted molar refractivity (Wildman–Crippen MR) is 87.3 cm³/mol. The van der Waals surface area contributed by atoms with Crippen molar-refractivity contribution < 1.29 is 30.0 Å². The van der Waals surface area contributed by atoms with E-state index in [4.69, 9.17) is 0 Å². The predicted octanol–water partition coefficient (Wildman–Crippen LogP) is 0.970. The van der Waals surface area contributed by atoms with Crippen LogP contribution in [0.3, 0.4) is 0 Å². The van der Waals surface area contributed by atoms with E-state index in [1.165, 1.54) is 18.2 Å². The van der Waals surface area contributed by atoms with Crippen LogP contribution in [0.5, 0.6) is 5.75 Å². The third kappa shape index (κ3) is 2.08. The van der Waals surface area contributed by atoms with Crippen molar-refractivity contribution in [2.24, 2.45) is 11.8 Å². The van der Waals surface area contributed by atoms with Gasteiger partial charge in [-0.15, -0.1) is 0 Å². The Morgan fingerprint density at radius 1 is 1.16 bits per heavy atom. The fourth-order valence-electron chi connectivity index (χ4n) is 4.86. The number of fused-ring (bicyclic) bond motifs is 3. The Morgan fingerprint density at radius 3 is 2.60 bits per heavy atom. The first-order chi connectivity index (χ1) is 11.8. The smallest absolute Gasteiger partial charge is 0.194 e. The van der Waals surface area contributed by atoms with Gasteiger partial charge < -0.3 is 20.4 Å². The molecule has 1 aromatic carbocycles. The zero-order valence-electron chi connectivity index (χ0n) is 13.8. The first kappa shape index (κ1) is 16.4. The fraction of sp³-hybridized carbons (Fsp3) is 0.474. The highest BCUT2D eigenvalue weighted by Gasteiger charge is 2.58. The van der Waals surface area contributed by atoms with E-state index in [1.54, 1.807) is 0 Å². The zero-order valence-corrected chi connectivity index (χ0v) is 13.8. The molecule has 6 nitrogen and oxygen atoms in total. The van der Waals surface area contributed by atoms with Gasteiger partial charge in [-0.25, -0.2) is 0 Å². The maximum absolute atomic E-state index is 13.1. The summed E-state index contributed by atoms with van der Waals surface area (Å²) in [7, 11) is 0. The van der Waals surface area contributed by atoms with Crippen LogP contribution in [0.1, 0.15) is 46.9 Å². The summed E-state index contributed by atoms with van der Waals surface area (Å²) in [4.78, 5) is 25.9. The summed E-state index contributed by atoms with van der Waals surface area (Å²) >= 11 is 0. The number of aliphatic hydroxyl groups is 3. The molecule has 0 unspecified atom stereocenters. The van der Waals surface area contributed by atoms with E-state index in [2.05, 4.69) is 0 Å². The van der Waals surface area contributed by atoms with Crippen molar-refractivity contribution >= 4 is 11.6 Å². The van der Waals surface area contributed by atoms with Crippen LogP contribution >= 0.6 is 0 Å². The van der Waals surface area contributed by atoms with Crippen molar-refractivity contribution in [2.45, 2.75) is 44.0 Å². The van der Waals surface area contributed by atoms with Gasteiger partial charge >= 0.3 is 0 Å². The number of aliphatic hydroxyl groups excluding tert-OH is 2. The van der Waals surface area contributed by atoms with Gasteiger partial charge in [0.25, 0.3) is 0 Å². The van der Waals surface area contributed by atoms with Crippen molar-refractivity contribution in [3.05, 3.63) is 40.5 Å². The van der Waals surface area contributed by atoms with Crippen LogP contribution in [0.4, 0.5) is 0 Å². The van der Waals surface area contributed by atoms with Crippen molar-refractivity contribution in [1.29, 1.82) is 0 Å². The Hall–Kier alpha value is -2.02. The average Bonchev–Trinajstić information content (AvgIpc) is 2.53. The molecule has 25 heavy (non-hydrogen) atoms. The summed E-state index contributed by atoms with van der Waals surface area (Å²) in [6.07, 6.45) is -1.81. The van der Waals surface area contributed by atoms with Crippen LogP contribution in [0.2, 0.25) is 0 Å². The van der Waals surface area contributed by atoms with Crippen LogP contribution in [-0.4, -0.2) is 49.8 Å². The lowest BCUT2D eigenvalue weighted by molar-refractivity contribution is -0.168. The molecular formula is C19H20O6. The minimum absolute atomic E-state index is 0.0150. The second-order valence-electron chi connectivity index (χ2n) is 7.55. The molecule has 0 aliphatic heterocycles. The van der Waals surface area contributed by atoms with Crippen molar-refractivity contribution in [3.63, 3.8) is 0 Å². The lowest BCUT2D eigenvalue weighted by Gasteiger charge is -2.52. The molecule has 0 spiro atoms. The molecule has 132 valence electrons. The summed E-state index contributed by atoms with van der Waals surface area (Å²) in [5.41, 5.74) is -1.44. The first-order valence-electron chi connectivity index (χ1n) is 8.48. The molecule has 1 fully saturated rings. The van der Waals surface area contributed by atoms with E-state index >= 15 is 0 Å². The molecule has 0 amide bonds. The lowest BCUT2D eigenvalue weighted by atomic mass is 9.57. The number of hydrogen-bond donors (Lipinski definition) is 4. The van der Waals surface area contributed by atoms with Crippen LogP contribution in [0.25, 0.3) is 0 Å². The van der Waals surface area contributed by atoms with E-state index in [1.807, 2.05) is 6.92 Å². The summed E-state index contributed by atoms with van der Waals surface area (Å²) < 4.78 is 0. The minimum Gasteiger partial charge on any atom is -0.507 e. The Balaban J connectivity index is 1.93. The third-order valence-electron chi connectivity index (χ3n) is 5.89. The fourth-order valence-corrected chi connectivity index (χ4v) is 4.86. The van der Waals surface area contributed by atoms with E-state index in [-0.39, 0.29) is 46.8 Å². The van der Waals surface area contributed by atoms with Gasteiger partial charge in [0.2, 0.25) is 0 Å². The number of rotatable bonds is 0. The summed E-state index contributed by atoms with van der Waals surface area (Å²) in [6.45, 7) is 1.87. The molecule has 0 bridgehead atoms. The van der Waals surface area contributed by atoms with E-state index < -0.39 is 35.3 Å². The average molecular weight is 344 g/mol. The standard InChI is InChI=1S/C19H20O6/c1-8-5-12(21)16-15-10(6-13(22)19(16,25)7-8)18(24)14-9(17(15)23)3-2-4-11(14)20/h2-4,8,12-13,16,20-22,25H,5-7H2,1H3/t8-,12-,13+,16+,19+/m1/s1. The SMILES string of the molecule is C[C@@H]1C[C@@H](O)[C@H]2C3=C(C[C@H](O)[C@@]2(O)C1)C(=O)c1c(O)cccc1C3=O. The second kappa shape index (κ2) is 5.24. The van der Waals surface area contributed by atoms with Gasteiger partial charge in [0.05, 0.1) is 17.8 Å². The number of Topliss-reactive ketones (excluding diaryl/α,β-unsaturated/α-hetero) is 2. The van der Waals surface area contributed by atoms with Crippen molar-refractivity contribution in [2.75, 3.05) is 0 Å². The maximum atomic E-state index is 13.1. The van der Waals surface area contributed by atoms with Gasteiger partial charge in [-0.3, -0.25) is 9.59 Å². The second-order valence-corrected chi connectivity index (χ2v) is 7.55. The van der Waals surface area contributed by atoms with Crippen LogP contribution in [0, 0.1) is 11.8 Å². The molecule has 0 heterocycles. The molecule has 4 N–H and O–H groups in total. The molecular weight excluding hydrogens is 324 g/mol. The topological polar surface area (TPSA) is 115 Å². The van der Waals surface area contributed by atoms with Gasteiger partial charge in [0.1, 0.15) is 11.4 Å². The third-order valence-corrected chi connectivity index (χ3v) is 5.89. The lowest BCUT2D eigenvalue weighted by Crippen LogP contribution is -2.61. The Morgan fingerprint density at radius 2 is 1.88 bits per heavy atom. The largest absolute Gasteiger partial charge is 0.507 e. The number of hydrogen-bond acceptors (Lipinski definition) is 6. The number of phenols is 1. The maximum Gasteiger partial charge on any atom is 0.194 e. The van der Waals surface area contributed by atoms with Gasteiger partial charge in [-0.1, -0.05) is 19.1 Å². The van der Waals surface area contributed by atoms with Gasteiger partial charge in [-0.05, 0) is 24.8 Å². The molecule has 1 saturated carbocycles. The monoisotopic (exact) mass is 344 g/mol. The molecule has 5 atom stereocenters. The van der Waals surface area contributed by atoms with E-state index in [0.29, 0.717) is 6.42 Å². The van der Waals surface area contributed by atoms with Gasteiger partial charge in [0.15, 0.2) is 11.6 Å². The Bertz CT molecular complexity index is 825. The molecule has 0 radical (unpaired) electrons. The Kier molecular flexibility index (Phi) is 3.45. The highest BCUT2D eigenvalue weighted by Crippen LogP contribution is 2.51. The molecule has 3 aliphatic rings. The van der Waals surface area contributed by atoms with Crippen LogP contribution in [0.15, 0.2) is 29.3 Å². The summed E-state index contributed by atoms with van der Waals surface area (Å²) in [6, 6.07) is 4.28. The van der Waals surface area contributed by atoms with Gasteiger partial charge in [0, 0.05) is 29.0 Å². The van der Waals surface area contributed by atoms with Crippen molar-refractivity contribution in [1.82, 2.24) is 0 Å². The number of phenolic OH excluding ortho intramolecular Hbond substituents is 1. The molecule has 4 rings (SSSR count). The van der Waals surface area contributed by atoms with Crippen LogP contribution in [-0.2, 0) is 0 Å². The normalized spacial score (nSPS) is 37.4. The Labute approximate surface area is 144 Å².